The fourth-order valence-corrected chi connectivity index (χ4v) is 2.92. The SMILES string of the molecule is CC(C)(C)N1CCCCC12CNC2. The Morgan fingerprint density at radius 2 is 1.85 bits per heavy atom. The van der Waals surface area contributed by atoms with Gasteiger partial charge in [-0.15, -0.1) is 0 Å². The highest BCUT2D eigenvalue weighted by molar-refractivity contribution is 5.07. The Morgan fingerprint density at radius 1 is 1.15 bits per heavy atom. The van der Waals surface area contributed by atoms with Gasteiger partial charge in [0.25, 0.3) is 0 Å². The van der Waals surface area contributed by atoms with Gasteiger partial charge in [-0.3, -0.25) is 4.90 Å². The van der Waals surface area contributed by atoms with Gasteiger partial charge in [0.05, 0.1) is 0 Å². The molecule has 0 unspecified atom stereocenters. The van der Waals surface area contributed by atoms with Crippen LogP contribution < -0.4 is 5.32 Å². The summed E-state index contributed by atoms with van der Waals surface area (Å²) in [6.45, 7) is 10.8. The number of hydrogen-bond acceptors (Lipinski definition) is 2. The van der Waals surface area contributed by atoms with Crippen molar-refractivity contribution in [2.75, 3.05) is 19.6 Å². The highest BCUT2D eigenvalue weighted by atomic mass is 15.3. The van der Waals surface area contributed by atoms with Gasteiger partial charge in [-0.05, 0) is 40.2 Å². The van der Waals surface area contributed by atoms with E-state index in [2.05, 4.69) is 31.0 Å². The molecule has 1 spiro atoms. The molecule has 0 bridgehead atoms. The summed E-state index contributed by atoms with van der Waals surface area (Å²) in [7, 11) is 0. The predicted octanol–water partition coefficient (Wildman–Crippen LogP) is 1.61. The van der Waals surface area contributed by atoms with Crippen molar-refractivity contribution in [3.05, 3.63) is 0 Å². The highest BCUT2D eigenvalue weighted by Gasteiger charge is 2.47. The lowest BCUT2D eigenvalue weighted by molar-refractivity contribution is -0.0561. The molecule has 2 nitrogen and oxygen atoms in total. The summed E-state index contributed by atoms with van der Waals surface area (Å²) >= 11 is 0. The molecule has 76 valence electrons. The van der Waals surface area contributed by atoms with Crippen LogP contribution in [-0.2, 0) is 0 Å². The van der Waals surface area contributed by atoms with E-state index in [1.54, 1.807) is 0 Å². The number of nitrogens with zero attached hydrogens (tertiary/aromatic N) is 1. The van der Waals surface area contributed by atoms with Gasteiger partial charge in [-0.25, -0.2) is 0 Å². The molecule has 1 N–H and O–H groups in total. The van der Waals surface area contributed by atoms with Crippen molar-refractivity contribution in [3.63, 3.8) is 0 Å². The minimum Gasteiger partial charge on any atom is -0.313 e. The number of hydrogen-bond donors (Lipinski definition) is 1. The van der Waals surface area contributed by atoms with Gasteiger partial charge < -0.3 is 5.32 Å². The molecular formula is C11H22N2. The van der Waals surface area contributed by atoms with E-state index in [9.17, 15) is 0 Å². The third-order valence-corrected chi connectivity index (χ3v) is 3.56. The van der Waals surface area contributed by atoms with E-state index in [1.807, 2.05) is 0 Å². The van der Waals surface area contributed by atoms with Crippen LogP contribution in [0, 0.1) is 0 Å². The number of rotatable bonds is 0. The van der Waals surface area contributed by atoms with Crippen LogP contribution in [0.2, 0.25) is 0 Å². The van der Waals surface area contributed by atoms with Crippen molar-refractivity contribution in [2.45, 2.75) is 51.1 Å². The van der Waals surface area contributed by atoms with Crippen LogP contribution in [-0.4, -0.2) is 35.6 Å². The Hall–Kier alpha value is -0.0800. The van der Waals surface area contributed by atoms with Crippen molar-refractivity contribution < 1.29 is 0 Å². The summed E-state index contributed by atoms with van der Waals surface area (Å²) < 4.78 is 0. The molecule has 0 radical (unpaired) electrons. The molecule has 2 heteroatoms. The number of nitrogens with one attached hydrogen (secondary N) is 1. The molecule has 0 atom stereocenters. The Bertz CT molecular complexity index is 189. The third-order valence-electron chi connectivity index (χ3n) is 3.56. The van der Waals surface area contributed by atoms with Crippen molar-refractivity contribution in [1.82, 2.24) is 10.2 Å². The number of likely N-dealkylation sites (tertiary alicyclic amines) is 1. The molecule has 2 heterocycles. The van der Waals surface area contributed by atoms with Crippen LogP contribution in [0.3, 0.4) is 0 Å². The fraction of sp³-hybridized carbons (Fsp3) is 1.00. The Balaban J connectivity index is 2.14. The Kier molecular flexibility index (Phi) is 2.16. The maximum atomic E-state index is 3.43. The van der Waals surface area contributed by atoms with Crippen LogP contribution in [0.25, 0.3) is 0 Å². The Labute approximate surface area is 81.7 Å². The smallest absolute Gasteiger partial charge is 0.0463 e. The summed E-state index contributed by atoms with van der Waals surface area (Å²) in [4.78, 5) is 2.72. The zero-order valence-corrected chi connectivity index (χ0v) is 9.19. The van der Waals surface area contributed by atoms with Crippen molar-refractivity contribution in [3.8, 4) is 0 Å². The molecular weight excluding hydrogens is 160 g/mol. The second-order valence-corrected chi connectivity index (χ2v) is 5.61. The molecule has 2 aliphatic rings. The van der Waals surface area contributed by atoms with Crippen LogP contribution >= 0.6 is 0 Å². The van der Waals surface area contributed by atoms with Crippen LogP contribution in [0.1, 0.15) is 40.0 Å². The summed E-state index contributed by atoms with van der Waals surface area (Å²) in [6, 6.07) is 0. The zero-order valence-electron chi connectivity index (χ0n) is 9.19. The standard InChI is InChI=1S/C11H22N2/c1-10(2,3)13-7-5-4-6-11(13)8-12-9-11/h12H,4-9H2,1-3H3. The largest absolute Gasteiger partial charge is 0.313 e. The Morgan fingerprint density at radius 3 is 2.23 bits per heavy atom. The minimum absolute atomic E-state index is 0.350. The fourth-order valence-electron chi connectivity index (χ4n) is 2.92. The summed E-state index contributed by atoms with van der Waals surface area (Å²) in [5.74, 6) is 0. The first-order valence-corrected chi connectivity index (χ1v) is 5.53. The van der Waals surface area contributed by atoms with Gasteiger partial charge in [0, 0.05) is 24.2 Å². The van der Waals surface area contributed by atoms with Gasteiger partial charge >= 0.3 is 0 Å². The van der Waals surface area contributed by atoms with Crippen LogP contribution in [0.4, 0.5) is 0 Å². The lowest BCUT2D eigenvalue weighted by Gasteiger charge is -2.58. The summed E-state index contributed by atoms with van der Waals surface area (Å²) in [5, 5.41) is 3.43. The maximum absolute atomic E-state index is 3.43. The molecule has 2 rings (SSSR count). The van der Waals surface area contributed by atoms with Crippen molar-refractivity contribution >= 4 is 0 Å². The van der Waals surface area contributed by atoms with Gasteiger partial charge in [-0.2, -0.15) is 0 Å². The summed E-state index contributed by atoms with van der Waals surface area (Å²) in [6.07, 6.45) is 4.21. The molecule has 2 saturated heterocycles. The van der Waals surface area contributed by atoms with Crippen LogP contribution in [0.5, 0.6) is 0 Å². The van der Waals surface area contributed by atoms with Gasteiger partial charge in [0.15, 0.2) is 0 Å². The first-order valence-electron chi connectivity index (χ1n) is 5.53. The molecule has 0 saturated carbocycles. The van der Waals surface area contributed by atoms with Gasteiger partial charge in [0.2, 0.25) is 0 Å². The second kappa shape index (κ2) is 2.96. The molecule has 0 aromatic rings. The summed E-state index contributed by atoms with van der Waals surface area (Å²) in [5.41, 5.74) is 0.874. The number of piperidine rings is 1. The first-order chi connectivity index (χ1) is 6.05. The van der Waals surface area contributed by atoms with Crippen LogP contribution in [0.15, 0.2) is 0 Å². The minimum atomic E-state index is 0.350. The highest BCUT2D eigenvalue weighted by Crippen LogP contribution is 2.36. The predicted molar refractivity (Wildman–Crippen MR) is 55.9 cm³/mol. The van der Waals surface area contributed by atoms with E-state index in [1.165, 1.54) is 38.9 Å². The topological polar surface area (TPSA) is 15.3 Å². The zero-order chi connectivity index (χ0) is 9.53. The molecule has 0 amide bonds. The van der Waals surface area contributed by atoms with Crippen molar-refractivity contribution in [2.24, 2.45) is 0 Å². The van der Waals surface area contributed by atoms with E-state index in [0.29, 0.717) is 11.1 Å². The average molecular weight is 182 g/mol. The van der Waals surface area contributed by atoms with E-state index >= 15 is 0 Å². The van der Waals surface area contributed by atoms with E-state index < -0.39 is 0 Å². The van der Waals surface area contributed by atoms with Gasteiger partial charge in [0.1, 0.15) is 0 Å². The molecule has 0 aromatic carbocycles. The van der Waals surface area contributed by atoms with E-state index in [4.69, 9.17) is 0 Å². The first kappa shape index (κ1) is 9.47. The molecule has 0 aliphatic carbocycles. The lowest BCUT2D eigenvalue weighted by Crippen LogP contribution is -2.73. The van der Waals surface area contributed by atoms with E-state index in [0.717, 1.165) is 0 Å². The second-order valence-electron chi connectivity index (χ2n) is 5.61. The molecule has 2 aliphatic heterocycles. The van der Waals surface area contributed by atoms with Crippen molar-refractivity contribution in [1.29, 1.82) is 0 Å². The quantitative estimate of drug-likeness (QED) is 0.612. The monoisotopic (exact) mass is 182 g/mol. The molecule has 13 heavy (non-hydrogen) atoms. The molecule has 2 fully saturated rings. The maximum Gasteiger partial charge on any atom is 0.0463 e. The third kappa shape index (κ3) is 1.50. The van der Waals surface area contributed by atoms with E-state index in [-0.39, 0.29) is 0 Å². The molecule has 0 aromatic heterocycles. The normalized spacial score (nSPS) is 28.8. The average Bonchev–Trinajstić information content (AvgIpc) is 2.00. The van der Waals surface area contributed by atoms with Gasteiger partial charge in [-0.1, -0.05) is 6.42 Å². The lowest BCUT2D eigenvalue weighted by atomic mass is 9.78.